The van der Waals surface area contributed by atoms with Gasteiger partial charge in [0.05, 0.1) is 0 Å². The summed E-state index contributed by atoms with van der Waals surface area (Å²) in [6.07, 6.45) is 2.85. The van der Waals surface area contributed by atoms with E-state index in [1.165, 1.54) is 12.8 Å². The first-order chi connectivity index (χ1) is 4.01. The second-order valence-electron chi connectivity index (χ2n) is 4.53. The lowest BCUT2D eigenvalue weighted by atomic mass is 9.91. The summed E-state index contributed by atoms with van der Waals surface area (Å²) in [6, 6.07) is 0. The van der Waals surface area contributed by atoms with Gasteiger partial charge in [0.1, 0.15) is 0 Å². The summed E-state index contributed by atoms with van der Waals surface area (Å²) in [5.74, 6) is 1.92. The Kier molecular flexibility index (Phi) is 1.58. The molecule has 0 aliphatic heterocycles. The Labute approximate surface area is 58.7 Å². The second kappa shape index (κ2) is 2.00. The number of hydrogen-bond donors (Lipinski definition) is 0. The molecule has 0 saturated heterocycles. The molecule has 0 bridgehead atoms. The van der Waals surface area contributed by atoms with E-state index in [0.717, 1.165) is 11.8 Å². The van der Waals surface area contributed by atoms with Crippen LogP contribution in [0.5, 0.6) is 0 Å². The predicted molar refractivity (Wildman–Crippen MR) is 41.3 cm³/mol. The molecule has 0 N–H and O–H groups in total. The fourth-order valence-electron chi connectivity index (χ4n) is 2.23. The molecule has 0 aromatic carbocycles. The first kappa shape index (κ1) is 7.11. The van der Waals surface area contributed by atoms with Gasteiger partial charge in [0.15, 0.2) is 0 Å². The van der Waals surface area contributed by atoms with E-state index in [9.17, 15) is 0 Å². The number of hydrogen-bond acceptors (Lipinski definition) is 0. The van der Waals surface area contributed by atoms with E-state index in [0.29, 0.717) is 5.41 Å². The normalized spacial score (nSPS) is 41.3. The summed E-state index contributed by atoms with van der Waals surface area (Å²) in [5.41, 5.74) is 0.638. The van der Waals surface area contributed by atoms with Crippen LogP contribution in [0.25, 0.3) is 0 Å². The van der Waals surface area contributed by atoms with E-state index in [1.807, 2.05) is 0 Å². The molecular formula is C9H18. The first-order valence-electron chi connectivity index (χ1n) is 4.01. The molecule has 0 radical (unpaired) electrons. The predicted octanol–water partition coefficient (Wildman–Crippen LogP) is 3.08. The van der Waals surface area contributed by atoms with Gasteiger partial charge >= 0.3 is 0 Å². The van der Waals surface area contributed by atoms with Gasteiger partial charge in [-0.3, -0.25) is 0 Å². The summed E-state index contributed by atoms with van der Waals surface area (Å²) in [4.78, 5) is 0. The molecule has 0 aromatic rings. The van der Waals surface area contributed by atoms with Gasteiger partial charge in [-0.1, -0.05) is 27.7 Å². The molecule has 1 fully saturated rings. The zero-order valence-electron chi connectivity index (χ0n) is 7.07. The summed E-state index contributed by atoms with van der Waals surface area (Å²) >= 11 is 0. The van der Waals surface area contributed by atoms with Gasteiger partial charge < -0.3 is 0 Å². The minimum Gasteiger partial charge on any atom is -0.0622 e. The number of rotatable bonds is 0. The smallest absolute Gasteiger partial charge is 0.0349 e. The highest BCUT2D eigenvalue weighted by Gasteiger charge is 2.33. The summed E-state index contributed by atoms with van der Waals surface area (Å²) in [6.45, 7) is 9.51. The Hall–Kier alpha value is 0. The van der Waals surface area contributed by atoms with Crippen LogP contribution in [0, 0.1) is 17.3 Å². The molecule has 0 amide bonds. The Morgan fingerprint density at radius 2 is 1.33 bits per heavy atom. The van der Waals surface area contributed by atoms with Gasteiger partial charge in [-0.15, -0.1) is 0 Å². The molecule has 0 spiro atoms. The minimum absolute atomic E-state index is 0.638. The van der Waals surface area contributed by atoms with Gasteiger partial charge in [-0.25, -0.2) is 0 Å². The van der Waals surface area contributed by atoms with Crippen molar-refractivity contribution in [3.8, 4) is 0 Å². The lowest BCUT2D eigenvalue weighted by Gasteiger charge is -2.15. The van der Waals surface area contributed by atoms with Gasteiger partial charge in [-0.05, 0) is 30.1 Å². The van der Waals surface area contributed by atoms with Crippen molar-refractivity contribution < 1.29 is 0 Å². The molecule has 0 nitrogen and oxygen atoms in total. The topological polar surface area (TPSA) is 0 Å². The van der Waals surface area contributed by atoms with Gasteiger partial charge in [0, 0.05) is 0 Å². The fraction of sp³-hybridized carbons (Fsp3) is 1.00. The molecule has 0 aromatic heterocycles. The quantitative estimate of drug-likeness (QED) is 0.468. The monoisotopic (exact) mass is 126 g/mol. The van der Waals surface area contributed by atoms with Crippen LogP contribution < -0.4 is 0 Å². The standard InChI is InChI=1S/C9H18/c1-7-5-9(3,4)6-8(7)2/h7-8H,5-6H2,1-4H3/t7-,8-/m0/s1. The molecule has 1 rings (SSSR count). The average molecular weight is 126 g/mol. The Morgan fingerprint density at radius 1 is 1.00 bits per heavy atom. The molecule has 54 valence electrons. The third kappa shape index (κ3) is 1.47. The summed E-state index contributed by atoms with van der Waals surface area (Å²) in [5, 5.41) is 0. The highest BCUT2D eigenvalue weighted by Crippen LogP contribution is 2.44. The van der Waals surface area contributed by atoms with E-state index >= 15 is 0 Å². The maximum absolute atomic E-state index is 2.38. The van der Waals surface area contributed by atoms with Crippen LogP contribution >= 0.6 is 0 Å². The van der Waals surface area contributed by atoms with Crippen LogP contribution in [0.3, 0.4) is 0 Å². The van der Waals surface area contributed by atoms with Crippen molar-refractivity contribution in [3.63, 3.8) is 0 Å². The third-order valence-corrected chi connectivity index (χ3v) is 2.72. The minimum atomic E-state index is 0.638. The lowest BCUT2D eigenvalue weighted by Crippen LogP contribution is -2.03. The maximum atomic E-state index is 2.38. The van der Waals surface area contributed by atoms with E-state index in [4.69, 9.17) is 0 Å². The Bertz CT molecular complexity index is 90.6. The van der Waals surface area contributed by atoms with Crippen molar-refractivity contribution in [3.05, 3.63) is 0 Å². The van der Waals surface area contributed by atoms with Crippen molar-refractivity contribution in [2.24, 2.45) is 17.3 Å². The Balaban J connectivity index is 2.54. The van der Waals surface area contributed by atoms with Crippen molar-refractivity contribution >= 4 is 0 Å². The van der Waals surface area contributed by atoms with Crippen LogP contribution in [0.2, 0.25) is 0 Å². The molecular weight excluding hydrogens is 108 g/mol. The van der Waals surface area contributed by atoms with Crippen LogP contribution in [-0.4, -0.2) is 0 Å². The van der Waals surface area contributed by atoms with Crippen molar-refractivity contribution in [2.45, 2.75) is 40.5 Å². The molecule has 1 aliphatic carbocycles. The van der Waals surface area contributed by atoms with Gasteiger partial charge in [-0.2, -0.15) is 0 Å². The lowest BCUT2D eigenvalue weighted by molar-refractivity contribution is 0.363. The average Bonchev–Trinajstić information content (AvgIpc) is 1.79. The van der Waals surface area contributed by atoms with E-state index in [-0.39, 0.29) is 0 Å². The van der Waals surface area contributed by atoms with Gasteiger partial charge in [0.2, 0.25) is 0 Å². The molecule has 0 unspecified atom stereocenters. The molecule has 0 heteroatoms. The summed E-state index contributed by atoms with van der Waals surface area (Å²) in [7, 11) is 0. The van der Waals surface area contributed by atoms with Gasteiger partial charge in [0.25, 0.3) is 0 Å². The molecule has 1 saturated carbocycles. The van der Waals surface area contributed by atoms with Crippen molar-refractivity contribution in [1.82, 2.24) is 0 Å². The maximum Gasteiger partial charge on any atom is -0.0349 e. The molecule has 2 atom stereocenters. The largest absolute Gasteiger partial charge is 0.0622 e. The summed E-state index contributed by atoms with van der Waals surface area (Å²) < 4.78 is 0. The van der Waals surface area contributed by atoms with Crippen LogP contribution in [0.15, 0.2) is 0 Å². The van der Waals surface area contributed by atoms with E-state index in [2.05, 4.69) is 27.7 Å². The highest BCUT2D eigenvalue weighted by molar-refractivity contribution is 4.84. The zero-order valence-corrected chi connectivity index (χ0v) is 7.07. The SMILES string of the molecule is C[C@H]1CC(C)(C)C[C@@H]1C. The third-order valence-electron chi connectivity index (χ3n) is 2.72. The fourth-order valence-corrected chi connectivity index (χ4v) is 2.23. The Morgan fingerprint density at radius 3 is 1.44 bits per heavy atom. The van der Waals surface area contributed by atoms with E-state index in [1.54, 1.807) is 0 Å². The molecule has 0 heterocycles. The zero-order chi connectivity index (χ0) is 7.07. The van der Waals surface area contributed by atoms with Crippen molar-refractivity contribution in [1.29, 1.82) is 0 Å². The van der Waals surface area contributed by atoms with Crippen molar-refractivity contribution in [2.75, 3.05) is 0 Å². The molecule has 1 aliphatic rings. The second-order valence-corrected chi connectivity index (χ2v) is 4.53. The first-order valence-corrected chi connectivity index (χ1v) is 4.01. The van der Waals surface area contributed by atoms with Crippen LogP contribution in [0.1, 0.15) is 40.5 Å². The van der Waals surface area contributed by atoms with Crippen LogP contribution in [0.4, 0.5) is 0 Å². The molecule has 9 heavy (non-hydrogen) atoms. The van der Waals surface area contributed by atoms with Crippen LogP contribution in [-0.2, 0) is 0 Å². The van der Waals surface area contributed by atoms with E-state index < -0.39 is 0 Å². The highest BCUT2D eigenvalue weighted by atomic mass is 14.4.